The van der Waals surface area contributed by atoms with Gasteiger partial charge in [0.25, 0.3) is 0 Å². The van der Waals surface area contributed by atoms with Crippen molar-refractivity contribution in [3.8, 4) is 0 Å². The van der Waals surface area contributed by atoms with E-state index in [4.69, 9.17) is 0 Å². The quantitative estimate of drug-likeness (QED) is 0.263. The number of rotatable bonds is 6. The van der Waals surface area contributed by atoms with Gasteiger partial charge in [0, 0.05) is 25.8 Å². The summed E-state index contributed by atoms with van der Waals surface area (Å²) in [5.41, 5.74) is 4.81. The third-order valence-electron chi connectivity index (χ3n) is 4.62. The van der Waals surface area contributed by atoms with Crippen LogP contribution >= 0.6 is 0 Å². The van der Waals surface area contributed by atoms with Crippen LogP contribution in [0.5, 0.6) is 0 Å². The predicted molar refractivity (Wildman–Crippen MR) is 96.9 cm³/mol. The fourth-order valence-electron chi connectivity index (χ4n) is 3.48. The maximum absolute atomic E-state index is 2.49. The molecule has 0 fully saturated rings. The van der Waals surface area contributed by atoms with Crippen LogP contribution in [0.15, 0.2) is 24.3 Å². The standard InChI is InChI=1S/C19H25.2CH3.Hf/c1-2-3-4-5-6-8-15-11-12-18-13-16-9-7-10-17(16)14-19(15)18;;;/h11-14H,2-10H2,1H3;2*1H3;/q3*-1;. The Bertz CT molecular complexity index is 550. The molecule has 1 aliphatic rings. The second-order valence-corrected chi connectivity index (χ2v) is 6.08. The Labute approximate surface area is 156 Å². The molecule has 0 saturated carbocycles. The molecule has 0 aromatic heterocycles. The second kappa shape index (κ2) is 10.5. The van der Waals surface area contributed by atoms with Crippen LogP contribution < -0.4 is 0 Å². The zero-order chi connectivity index (χ0) is 13.1. The van der Waals surface area contributed by atoms with Crippen molar-refractivity contribution in [2.24, 2.45) is 0 Å². The Morgan fingerprint density at radius 2 is 1.64 bits per heavy atom. The Balaban J connectivity index is 0.00000147. The molecule has 1 heteroatoms. The van der Waals surface area contributed by atoms with Crippen LogP contribution in [0.1, 0.15) is 62.1 Å². The molecular formula is C21H31Hf-3. The van der Waals surface area contributed by atoms with Gasteiger partial charge in [-0.25, -0.2) is 0 Å². The monoisotopic (exact) mass is 463 g/mol. The molecule has 0 radical (unpaired) electrons. The Hall–Kier alpha value is -0.300. The molecule has 0 unspecified atom stereocenters. The van der Waals surface area contributed by atoms with Crippen LogP contribution in [0.25, 0.3) is 10.8 Å². The summed E-state index contributed by atoms with van der Waals surface area (Å²) < 4.78 is 0. The van der Waals surface area contributed by atoms with Crippen LogP contribution in [0.2, 0.25) is 0 Å². The van der Waals surface area contributed by atoms with E-state index in [9.17, 15) is 0 Å². The summed E-state index contributed by atoms with van der Waals surface area (Å²) in [5, 5.41) is 3.01. The van der Waals surface area contributed by atoms with E-state index in [1.54, 1.807) is 16.7 Å². The minimum absolute atomic E-state index is 0. The molecule has 0 saturated heterocycles. The van der Waals surface area contributed by atoms with Crippen LogP contribution in [-0.2, 0) is 45.1 Å². The van der Waals surface area contributed by atoms with Crippen molar-refractivity contribution in [1.29, 1.82) is 0 Å². The van der Waals surface area contributed by atoms with E-state index in [-0.39, 0.29) is 40.7 Å². The van der Waals surface area contributed by atoms with Crippen LogP contribution in [0.3, 0.4) is 0 Å². The average Bonchev–Trinajstić information content (AvgIpc) is 3.02. The number of fused-ring (bicyclic) bond motifs is 2. The van der Waals surface area contributed by atoms with E-state index in [0.29, 0.717) is 0 Å². The minimum atomic E-state index is 0. The number of hydrogen-bond acceptors (Lipinski definition) is 0. The first-order valence-electron chi connectivity index (χ1n) is 8.08. The summed E-state index contributed by atoms with van der Waals surface area (Å²) in [7, 11) is 0. The van der Waals surface area contributed by atoms with Gasteiger partial charge in [0.05, 0.1) is 0 Å². The van der Waals surface area contributed by atoms with E-state index in [1.807, 2.05) is 0 Å². The summed E-state index contributed by atoms with van der Waals surface area (Å²) in [6, 6.07) is 9.62. The number of benzene rings is 1. The summed E-state index contributed by atoms with van der Waals surface area (Å²) in [6.07, 6.45) is 12.1. The molecule has 0 aliphatic heterocycles. The molecule has 3 rings (SSSR count). The van der Waals surface area contributed by atoms with Crippen molar-refractivity contribution >= 4 is 10.8 Å². The van der Waals surface area contributed by atoms with Crippen molar-refractivity contribution in [3.63, 3.8) is 0 Å². The van der Waals surface area contributed by atoms with Crippen molar-refractivity contribution in [1.82, 2.24) is 0 Å². The van der Waals surface area contributed by atoms with Gasteiger partial charge in [0.15, 0.2) is 0 Å². The van der Waals surface area contributed by atoms with Gasteiger partial charge in [-0.1, -0.05) is 56.6 Å². The second-order valence-electron chi connectivity index (χ2n) is 6.08. The van der Waals surface area contributed by atoms with Crippen molar-refractivity contribution < 1.29 is 25.8 Å². The van der Waals surface area contributed by atoms with Crippen molar-refractivity contribution in [2.45, 2.75) is 64.7 Å². The fourth-order valence-corrected chi connectivity index (χ4v) is 3.48. The van der Waals surface area contributed by atoms with E-state index in [2.05, 4.69) is 31.2 Å². The summed E-state index contributed by atoms with van der Waals surface area (Å²) in [5.74, 6) is 0. The molecule has 0 spiro atoms. The van der Waals surface area contributed by atoms with E-state index in [0.717, 1.165) is 0 Å². The smallest absolute Gasteiger partial charge is 0 e. The zero-order valence-electron chi connectivity index (χ0n) is 14.7. The number of unbranched alkanes of at least 4 members (excludes halogenated alkanes) is 4. The molecule has 0 bridgehead atoms. The van der Waals surface area contributed by atoms with Gasteiger partial charge in [-0.05, 0) is 19.3 Å². The molecule has 0 amide bonds. The fraction of sp³-hybridized carbons (Fsp3) is 0.476. The Morgan fingerprint density at radius 1 is 0.955 bits per heavy atom. The number of aryl methyl sites for hydroxylation is 3. The summed E-state index contributed by atoms with van der Waals surface area (Å²) in [6.45, 7) is 2.28. The molecular weight excluding hydrogens is 431 g/mol. The molecule has 0 N–H and O–H groups in total. The van der Waals surface area contributed by atoms with Gasteiger partial charge in [-0.3, -0.25) is 0 Å². The molecule has 122 valence electrons. The Morgan fingerprint density at radius 3 is 2.36 bits per heavy atom. The topological polar surface area (TPSA) is 0 Å². The molecule has 1 aliphatic carbocycles. The van der Waals surface area contributed by atoms with Crippen LogP contribution in [0.4, 0.5) is 0 Å². The van der Waals surface area contributed by atoms with Gasteiger partial charge in [-0.15, -0.1) is 34.5 Å². The summed E-state index contributed by atoms with van der Waals surface area (Å²) in [4.78, 5) is 0. The van der Waals surface area contributed by atoms with E-state index >= 15 is 0 Å². The predicted octanol–water partition coefficient (Wildman–Crippen LogP) is 6.46. The van der Waals surface area contributed by atoms with Crippen LogP contribution in [0, 0.1) is 14.9 Å². The molecule has 2 aromatic rings. The van der Waals surface area contributed by atoms with Gasteiger partial charge in [0.1, 0.15) is 0 Å². The summed E-state index contributed by atoms with van der Waals surface area (Å²) >= 11 is 0. The number of hydrogen-bond donors (Lipinski definition) is 0. The van der Waals surface area contributed by atoms with E-state index < -0.39 is 0 Å². The Kier molecular flexibility index (Phi) is 10.3. The van der Waals surface area contributed by atoms with Gasteiger partial charge >= 0.3 is 0 Å². The molecule has 0 heterocycles. The largest absolute Gasteiger partial charge is 0.358 e. The maximum Gasteiger partial charge on any atom is 0 e. The van der Waals surface area contributed by atoms with E-state index in [1.165, 1.54) is 68.6 Å². The maximum atomic E-state index is 2.49. The van der Waals surface area contributed by atoms with Crippen LogP contribution in [-0.4, -0.2) is 0 Å². The molecule has 22 heavy (non-hydrogen) atoms. The van der Waals surface area contributed by atoms with Gasteiger partial charge in [-0.2, -0.15) is 6.07 Å². The van der Waals surface area contributed by atoms with Gasteiger partial charge < -0.3 is 14.9 Å². The third kappa shape index (κ3) is 4.85. The minimum Gasteiger partial charge on any atom is -0.358 e. The average molecular weight is 462 g/mol. The SMILES string of the molecule is CCCCCCC[c-]1ccc2cc3c(cc21)CCC3.[CH3-].[CH3-].[Hf]. The first-order valence-corrected chi connectivity index (χ1v) is 8.08. The molecule has 0 atom stereocenters. The first kappa shape index (κ1) is 21.7. The molecule has 0 nitrogen and oxygen atoms in total. The normalized spacial score (nSPS) is 12.2. The van der Waals surface area contributed by atoms with Gasteiger partial charge in [0.2, 0.25) is 0 Å². The zero-order valence-corrected chi connectivity index (χ0v) is 18.3. The molecule has 2 aromatic carbocycles. The van der Waals surface area contributed by atoms with Crippen molar-refractivity contribution in [2.75, 3.05) is 0 Å². The third-order valence-corrected chi connectivity index (χ3v) is 4.62. The first-order chi connectivity index (χ1) is 9.38. The van der Waals surface area contributed by atoms with Crippen molar-refractivity contribution in [3.05, 3.63) is 55.8 Å².